The van der Waals surface area contributed by atoms with Crippen molar-refractivity contribution in [1.29, 1.82) is 0 Å². The molecule has 2 aromatic rings. The summed E-state index contributed by atoms with van der Waals surface area (Å²) in [5, 5.41) is 23.3. The first-order valence-corrected chi connectivity index (χ1v) is 12.4. The van der Waals surface area contributed by atoms with Gasteiger partial charge < -0.3 is 24.1 Å². The molecule has 1 aliphatic heterocycles. The maximum Gasteiger partial charge on any atom is 0.261 e. The molecule has 5 atom stereocenters. The average molecular weight is 431 g/mol. The highest BCUT2D eigenvalue weighted by molar-refractivity contribution is 6.99. The zero-order valence-electron chi connectivity index (χ0n) is 18.5. The standard InChI is InChI=1S/C24H34O5Si/c1-17-21(25)22(26)20(29-23(17)27-5)16-28-30(24(2,3)4,18-12-8-6-9-13-18)19-14-10-7-11-15-19/h6-15,17,20-23,25-26H,16H2,1-5H3/t17-,20+,21-,22+,23-/m0/s1. The van der Waals surface area contributed by atoms with Crippen LogP contribution in [0.2, 0.25) is 5.04 Å². The normalized spacial score (nSPS) is 27.8. The molecule has 0 saturated carbocycles. The van der Waals surface area contributed by atoms with Gasteiger partial charge in [-0.2, -0.15) is 0 Å². The monoisotopic (exact) mass is 430 g/mol. The Morgan fingerprint density at radius 3 is 1.83 bits per heavy atom. The number of hydrogen-bond donors (Lipinski definition) is 2. The van der Waals surface area contributed by atoms with Crippen molar-refractivity contribution in [3.05, 3.63) is 60.7 Å². The highest BCUT2D eigenvalue weighted by Gasteiger charge is 2.51. The Kier molecular flexibility index (Phi) is 7.17. The van der Waals surface area contributed by atoms with Crippen LogP contribution in [0, 0.1) is 5.92 Å². The van der Waals surface area contributed by atoms with Crippen LogP contribution in [-0.2, 0) is 13.9 Å². The molecule has 0 bridgehead atoms. The van der Waals surface area contributed by atoms with Crippen LogP contribution in [0.25, 0.3) is 0 Å². The van der Waals surface area contributed by atoms with Crippen LogP contribution in [0.3, 0.4) is 0 Å². The summed E-state index contributed by atoms with van der Waals surface area (Å²) in [4.78, 5) is 0. The lowest BCUT2D eigenvalue weighted by Crippen LogP contribution is -2.68. The second-order valence-electron chi connectivity index (χ2n) is 9.09. The Labute approximate surface area is 180 Å². The van der Waals surface area contributed by atoms with Crippen molar-refractivity contribution in [3.8, 4) is 0 Å². The molecule has 1 fully saturated rings. The van der Waals surface area contributed by atoms with Gasteiger partial charge in [-0.3, -0.25) is 0 Å². The molecular weight excluding hydrogens is 396 g/mol. The van der Waals surface area contributed by atoms with E-state index >= 15 is 0 Å². The highest BCUT2D eigenvalue weighted by atomic mass is 28.4. The second-order valence-corrected chi connectivity index (χ2v) is 13.4. The first-order chi connectivity index (χ1) is 14.2. The van der Waals surface area contributed by atoms with Gasteiger partial charge in [-0.25, -0.2) is 0 Å². The molecule has 1 aliphatic rings. The van der Waals surface area contributed by atoms with Crippen LogP contribution < -0.4 is 10.4 Å². The number of aliphatic hydroxyl groups is 2. The van der Waals surface area contributed by atoms with Gasteiger partial charge in [0.1, 0.15) is 12.2 Å². The van der Waals surface area contributed by atoms with E-state index in [0.29, 0.717) is 0 Å². The molecule has 0 spiro atoms. The molecule has 0 radical (unpaired) electrons. The molecule has 0 amide bonds. The predicted octanol–water partition coefficient (Wildman–Crippen LogP) is 2.29. The van der Waals surface area contributed by atoms with E-state index in [-0.39, 0.29) is 17.6 Å². The maximum absolute atomic E-state index is 10.7. The summed E-state index contributed by atoms with van der Waals surface area (Å²) >= 11 is 0. The molecule has 2 aromatic carbocycles. The molecule has 0 aliphatic carbocycles. The lowest BCUT2D eigenvalue weighted by Gasteiger charge is -2.46. The third-order valence-electron chi connectivity index (χ3n) is 6.12. The fourth-order valence-corrected chi connectivity index (χ4v) is 9.02. The van der Waals surface area contributed by atoms with Gasteiger partial charge in [-0.15, -0.1) is 0 Å². The summed E-state index contributed by atoms with van der Waals surface area (Å²) in [5.74, 6) is -0.325. The molecule has 164 valence electrons. The van der Waals surface area contributed by atoms with Crippen LogP contribution in [0.4, 0.5) is 0 Å². The van der Waals surface area contributed by atoms with Crippen LogP contribution in [0.5, 0.6) is 0 Å². The van der Waals surface area contributed by atoms with Gasteiger partial charge in [-0.05, 0) is 15.4 Å². The van der Waals surface area contributed by atoms with Gasteiger partial charge in [0.25, 0.3) is 8.32 Å². The Hall–Kier alpha value is -1.54. The quantitative estimate of drug-likeness (QED) is 0.689. The minimum atomic E-state index is -2.75. The lowest BCUT2D eigenvalue weighted by atomic mass is 9.93. The van der Waals surface area contributed by atoms with E-state index in [4.69, 9.17) is 13.9 Å². The van der Waals surface area contributed by atoms with Gasteiger partial charge in [0.15, 0.2) is 6.29 Å². The van der Waals surface area contributed by atoms with Crippen LogP contribution in [0.15, 0.2) is 60.7 Å². The van der Waals surface area contributed by atoms with Crippen molar-refractivity contribution in [2.75, 3.05) is 13.7 Å². The number of methoxy groups -OCH3 is 1. The van der Waals surface area contributed by atoms with Crippen LogP contribution in [0.1, 0.15) is 27.7 Å². The van der Waals surface area contributed by atoms with Crippen LogP contribution >= 0.6 is 0 Å². The Morgan fingerprint density at radius 1 is 0.900 bits per heavy atom. The van der Waals surface area contributed by atoms with Crippen molar-refractivity contribution in [3.63, 3.8) is 0 Å². The van der Waals surface area contributed by atoms with Gasteiger partial charge in [0.05, 0.1) is 12.7 Å². The van der Waals surface area contributed by atoms with Gasteiger partial charge in [0.2, 0.25) is 0 Å². The van der Waals surface area contributed by atoms with Crippen molar-refractivity contribution in [2.45, 2.75) is 57.3 Å². The largest absolute Gasteiger partial charge is 0.405 e. The van der Waals surface area contributed by atoms with E-state index in [1.807, 2.05) is 36.4 Å². The predicted molar refractivity (Wildman–Crippen MR) is 120 cm³/mol. The first-order valence-electron chi connectivity index (χ1n) is 10.5. The van der Waals surface area contributed by atoms with Crippen molar-refractivity contribution in [2.24, 2.45) is 5.92 Å². The van der Waals surface area contributed by atoms with E-state index in [1.54, 1.807) is 14.0 Å². The first kappa shape index (κ1) is 23.1. The number of hydrogen-bond acceptors (Lipinski definition) is 5. The second kappa shape index (κ2) is 9.30. The SMILES string of the molecule is CO[C@H]1O[C@H](CO[Si](c2ccccc2)(c2ccccc2)C(C)(C)C)[C@@H](O)[C@@H](O)[C@@H]1C. The van der Waals surface area contributed by atoms with E-state index in [0.717, 1.165) is 10.4 Å². The van der Waals surface area contributed by atoms with E-state index in [9.17, 15) is 10.2 Å². The highest BCUT2D eigenvalue weighted by Crippen LogP contribution is 2.37. The fourth-order valence-electron chi connectivity index (χ4n) is 4.45. The average Bonchev–Trinajstić information content (AvgIpc) is 2.74. The molecule has 6 heteroatoms. The molecule has 1 heterocycles. The topological polar surface area (TPSA) is 68.2 Å². The Balaban J connectivity index is 2.00. The third kappa shape index (κ3) is 4.26. The summed E-state index contributed by atoms with van der Waals surface area (Å²) in [6, 6.07) is 20.6. The summed E-state index contributed by atoms with van der Waals surface area (Å²) in [6.45, 7) is 8.57. The third-order valence-corrected chi connectivity index (χ3v) is 11.1. The molecule has 1 saturated heterocycles. The Bertz CT molecular complexity index is 751. The smallest absolute Gasteiger partial charge is 0.261 e. The molecular formula is C24H34O5Si. The number of ether oxygens (including phenoxy) is 2. The molecule has 0 aromatic heterocycles. The zero-order valence-corrected chi connectivity index (χ0v) is 19.5. The molecule has 3 rings (SSSR count). The lowest BCUT2D eigenvalue weighted by molar-refractivity contribution is -0.273. The van der Waals surface area contributed by atoms with Crippen molar-refractivity contribution in [1.82, 2.24) is 0 Å². The number of rotatable bonds is 6. The number of aliphatic hydroxyl groups excluding tert-OH is 2. The zero-order chi connectivity index (χ0) is 21.9. The minimum absolute atomic E-state index is 0.165. The van der Waals surface area contributed by atoms with E-state index in [1.165, 1.54) is 0 Å². The van der Waals surface area contributed by atoms with Gasteiger partial charge >= 0.3 is 0 Å². The van der Waals surface area contributed by atoms with E-state index in [2.05, 4.69) is 45.0 Å². The molecule has 2 N–H and O–H groups in total. The summed E-state index contributed by atoms with van der Waals surface area (Å²) < 4.78 is 18.2. The van der Waals surface area contributed by atoms with Crippen LogP contribution in [-0.4, -0.2) is 56.8 Å². The van der Waals surface area contributed by atoms with Crippen molar-refractivity contribution >= 4 is 18.7 Å². The van der Waals surface area contributed by atoms with Crippen molar-refractivity contribution < 1.29 is 24.1 Å². The molecule has 5 nitrogen and oxygen atoms in total. The minimum Gasteiger partial charge on any atom is -0.405 e. The molecule has 0 unspecified atom stereocenters. The summed E-state index contributed by atoms with van der Waals surface area (Å²) in [5.41, 5.74) is 0. The summed E-state index contributed by atoms with van der Waals surface area (Å²) in [7, 11) is -1.20. The van der Waals surface area contributed by atoms with E-state index < -0.39 is 32.9 Å². The maximum atomic E-state index is 10.7. The fraction of sp³-hybridized carbons (Fsp3) is 0.500. The van der Waals surface area contributed by atoms with Gasteiger partial charge in [0, 0.05) is 13.0 Å². The molecule has 30 heavy (non-hydrogen) atoms. The number of benzene rings is 2. The summed E-state index contributed by atoms with van der Waals surface area (Å²) in [6.07, 6.45) is -3.24. The van der Waals surface area contributed by atoms with Gasteiger partial charge in [-0.1, -0.05) is 88.4 Å². The Morgan fingerprint density at radius 2 is 1.40 bits per heavy atom.